The van der Waals surface area contributed by atoms with Gasteiger partial charge >= 0.3 is 0 Å². The summed E-state index contributed by atoms with van der Waals surface area (Å²) in [6.07, 6.45) is 1.95. The first kappa shape index (κ1) is 15.1. The summed E-state index contributed by atoms with van der Waals surface area (Å²) in [5.41, 5.74) is 8.71. The minimum absolute atomic E-state index is 0.174. The van der Waals surface area contributed by atoms with E-state index in [-0.39, 0.29) is 5.56 Å². The Morgan fingerprint density at radius 2 is 1.80 bits per heavy atom. The van der Waals surface area contributed by atoms with Gasteiger partial charge in [-0.15, -0.1) is 10.2 Å². The molecule has 4 aromatic rings. The van der Waals surface area contributed by atoms with Crippen molar-refractivity contribution in [2.75, 3.05) is 5.73 Å². The Kier molecular flexibility index (Phi) is 3.74. The number of hydrogen-bond donors (Lipinski definition) is 1. The van der Waals surface area contributed by atoms with Crippen LogP contribution in [0.2, 0.25) is 0 Å². The Balaban J connectivity index is 1.81. The highest BCUT2D eigenvalue weighted by atomic mass is 16.1. The molecule has 0 atom stereocenters. The molecular weight excluding hydrogens is 316 g/mol. The summed E-state index contributed by atoms with van der Waals surface area (Å²) in [4.78, 5) is 13.0. The zero-order valence-corrected chi connectivity index (χ0v) is 13.4. The van der Waals surface area contributed by atoms with Gasteiger partial charge in [-0.3, -0.25) is 9.36 Å². The van der Waals surface area contributed by atoms with E-state index in [1.807, 2.05) is 54.6 Å². The molecule has 124 valence electrons. The molecule has 2 aromatic carbocycles. The van der Waals surface area contributed by atoms with Gasteiger partial charge in [-0.05, 0) is 23.3 Å². The van der Waals surface area contributed by atoms with Crippen molar-refractivity contribution in [3.63, 3.8) is 0 Å². The van der Waals surface area contributed by atoms with Crippen molar-refractivity contribution in [3.8, 4) is 0 Å². The van der Waals surface area contributed by atoms with Crippen molar-refractivity contribution in [1.82, 2.24) is 24.4 Å². The Bertz CT molecular complexity index is 1080. The quantitative estimate of drug-likeness (QED) is 0.572. The lowest BCUT2D eigenvalue weighted by Crippen LogP contribution is -2.29. The monoisotopic (exact) mass is 332 g/mol. The first-order chi connectivity index (χ1) is 12.2. The van der Waals surface area contributed by atoms with Crippen molar-refractivity contribution in [2.45, 2.75) is 13.0 Å². The van der Waals surface area contributed by atoms with Crippen molar-refractivity contribution >= 4 is 11.5 Å². The second-order valence-electron chi connectivity index (χ2n) is 5.82. The highest BCUT2D eigenvalue weighted by Crippen LogP contribution is 2.10. The van der Waals surface area contributed by atoms with E-state index in [0.29, 0.717) is 30.1 Å². The van der Waals surface area contributed by atoms with E-state index in [1.54, 1.807) is 4.57 Å². The average molecular weight is 332 g/mol. The Morgan fingerprint density at radius 1 is 1.00 bits per heavy atom. The molecule has 0 bridgehead atoms. The average Bonchev–Trinajstić information content (AvgIpc) is 3.08. The first-order valence-electron chi connectivity index (χ1n) is 7.89. The van der Waals surface area contributed by atoms with E-state index < -0.39 is 0 Å². The summed E-state index contributed by atoms with van der Waals surface area (Å²) < 4.78 is 3.11. The molecule has 0 spiro atoms. The predicted octanol–water partition coefficient (Wildman–Crippen LogP) is 1.51. The molecule has 7 nitrogen and oxygen atoms in total. The molecule has 0 unspecified atom stereocenters. The molecule has 2 aromatic heterocycles. The summed E-state index contributed by atoms with van der Waals surface area (Å²) in [6, 6.07) is 17.2. The lowest BCUT2D eigenvalue weighted by Gasteiger charge is -2.10. The lowest BCUT2D eigenvalue weighted by molar-refractivity contribution is 0.692. The molecule has 0 aliphatic carbocycles. The number of fused-ring (bicyclic) bond motifs is 1. The van der Waals surface area contributed by atoms with Gasteiger partial charge < -0.3 is 5.73 Å². The molecule has 25 heavy (non-hydrogen) atoms. The highest BCUT2D eigenvalue weighted by Gasteiger charge is 2.14. The van der Waals surface area contributed by atoms with E-state index in [9.17, 15) is 4.79 Å². The van der Waals surface area contributed by atoms with Gasteiger partial charge in [0.05, 0.1) is 6.54 Å². The second-order valence-corrected chi connectivity index (χ2v) is 5.82. The maximum Gasteiger partial charge on any atom is 0.277 e. The van der Waals surface area contributed by atoms with Gasteiger partial charge in [0.1, 0.15) is 12.0 Å². The fraction of sp³-hybridized carbons (Fsp3) is 0.111. The van der Waals surface area contributed by atoms with Crippen LogP contribution < -0.4 is 11.3 Å². The molecule has 0 aliphatic rings. The largest absolute Gasteiger partial charge is 0.399 e. The minimum atomic E-state index is -0.174. The van der Waals surface area contributed by atoms with Crippen LogP contribution in [0, 0.1) is 0 Å². The number of aromatic nitrogens is 5. The number of rotatable bonds is 4. The highest BCUT2D eigenvalue weighted by molar-refractivity contribution is 5.41. The van der Waals surface area contributed by atoms with Crippen LogP contribution in [0.4, 0.5) is 5.69 Å². The van der Waals surface area contributed by atoms with E-state index in [1.165, 1.54) is 10.8 Å². The summed E-state index contributed by atoms with van der Waals surface area (Å²) in [5.74, 6) is 0.407. The fourth-order valence-electron chi connectivity index (χ4n) is 2.81. The van der Waals surface area contributed by atoms with Crippen molar-refractivity contribution in [3.05, 3.63) is 88.1 Å². The third-order valence-corrected chi connectivity index (χ3v) is 3.98. The molecule has 2 heterocycles. The topological polar surface area (TPSA) is 91.1 Å². The molecule has 2 N–H and O–H groups in total. The summed E-state index contributed by atoms with van der Waals surface area (Å²) in [6.45, 7) is 0.358. The third-order valence-electron chi connectivity index (χ3n) is 3.98. The molecular formula is C18H16N6O. The molecule has 4 rings (SSSR count). The van der Waals surface area contributed by atoms with E-state index in [2.05, 4.69) is 15.3 Å². The van der Waals surface area contributed by atoms with Gasteiger partial charge in [-0.2, -0.15) is 9.61 Å². The van der Waals surface area contributed by atoms with Crippen molar-refractivity contribution < 1.29 is 0 Å². The zero-order chi connectivity index (χ0) is 17.2. The number of hydrogen-bond acceptors (Lipinski definition) is 5. The number of benzene rings is 2. The second kappa shape index (κ2) is 6.20. The van der Waals surface area contributed by atoms with Crippen molar-refractivity contribution in [1.29, 1.82) is 0 Å². The zero-order valence-electron chi connectivity index (χ0n) is 13.4. The molecule has 0 aliphatic heterocycles. The lowest BCUT2D eigenvalue weighted by atomic mass is 10.1. The normalized spacial score (nSPS) is 11.0. The van der Waals surface area contributed by atoms with Crippen LogP contribution in [0.25, 0.3) is 5.78 Å². The van der Waals surface area contributed by atoms with Crippen LogP contribution in [0.3, 0.4) is 0 Å². The summed E-state index contributed by atoms with van der Waals surface area (Å²) in [5, 5.41) is 12.3. The SMILES string of the molecule is Nc1cccc(Cn2c(=O)c(Cc3ccccc3)nn3cnnc23)c1. The van der Waals surface area contributed by atoms with Gasteiger partial charge in [-0.1, -0.05) is 42.5 Å². The number of nitrogen functional groups attached to an aromatic ring is 1. The molecule has 0 fully saturated rings. The molecule has 0 radical (unpaired) electrons. The predicted molar refractivity (Wildman–Crippen MR) is 94.2 cm³/mol. The van der Waals surface area contributed by atoms with Crippen LogP contribution in [0.5, 0.6) is 0 Å². The molecule has 0 saturated heterocycles. The molecule has 0 saturated carbocycles. The van der Waals surface area contributed by atoms with Crippen LogP contribution >= 0.6 is 0 Å². The van der Waals surface area contributed by atoms with Gasteiger partial charge in [-0.25, -0.2) is 0 Å². The van der Waals surface area contributed by atoms with E-state index in [0.717, 1.165) is 11.1 Å². The van der Waals surface area contributed by atoms with E-state index >= 15 is 0 Å². The van der Waals surface area contributed by atoms with Crippen LogP contribution in [0.15, 0.2) is 65.7 Å². The Hall–Kier alpha value is -3.48. The standard InChI is InChI=1S/C18H16N6O/c19-15-8-4-7-14(9-15)11-23-17(25)16(10-13-5-2-1-3-6-13)22-24-12-20-21-18(23)24/h1-9,12H,10-11,19H2. The summed E-state index contributed by atoms with van der Waals surface area (Å²) >= 11 is 0. The van der Waals surface area contributed by atoms with Gasteiger partial charge in [0.2, 0.25) is 0 Å². The van der Waals surface area contributed by atoms with Crippen LogP contribution in [0.1, 0.15) is 16.8 Å². The molecule has 0 amide bonds. The smallest absolute Gasteiger partial charge is 0.277 e. The molecule has 7 heteroatoms. The maximum atomic E-state index is 13.0. The van der Waals surface area contributed by atoms with Gasteiger partial charge in [0.15, 0.2) is 0 Å². The third kappa shape index (κ3) is 2.99. The fourth-order valence-corrected chi connectivity index (χ4v) is 2.81. The number of anilines is 1. The van der Waals surface area contributed by atoms with Gasteiger partial charge in [0.25, 0.3) is 11.3 Å². The minimum Gasteiger partial charge on any atom is -0.399 e. The van der Waals surface area contributed by atoms with E-state index in [4.69, 9.17) is 5.73 Å². The Labute approximate surface area is 143 Å². The van der Waals surface area contributed by atoms with Gasteiger partial charge in [0, 0.05) is 12.1 Å². The first-order valence-corrected chi connectivity index (χ1v) is 7.89. The van der Waals surface area contributed by atoms with Crippen LogP contribution in [-0.2, 0) is 13.0 Å². The van der Waals surface area contributed by atoms with Crippen molar-refractivity contribution in [2.24, 2.45) is 0 Å². The Morgan fingerprint density at radius 3 is 2.60 bits per heavy atom. The maximum absolute atomic E-state index is 13.0. The number of nitrogens with two attached hydrogens (primary N) is 1. The summed E-state index contributed by atoms with van der Waals surface area (Å²) in [7, 11) is 0. The van der Waals surface area contributed by atoms with Crippen LogP contribution in [-0.4, -0.2) is 24.4 Å². The number of nitrogens with zero attached hydrogens (tertiary/aromatic N) is 5.